The van der Waals surface area contributed by atoms with E-state index < -0.39 is 0 Å². The van der Waals surface area contributed by atoms with Crippen LogP contribution in [0.3, 0.4) is 0 Å². The maximum atomic E-state index is 5.60. The first-order chi connectivity index (χ1) is 6.26. The quantitative estimate of drug-likeness (QED) is 0.568. The Morgan fingerprint density at radius 3 is 2.92 bits per heavy atom. The molecule has 0 spiro atoms. The van der Waals surface area contributed by atoms with Crippen LogP contribution in [-0.2, 0) is 0 Å². The Labute approximate surface area is 82.3 Å². The molecule has 13 heavy (non-hydrogen) atoms. The molecule has 0 aliphatic rings. The maximum Gasteiger partial charge on any atom is 0.191 e. The molecule has 0 unspecified atom stereocenters. The van der Waals surface area contributed by atoms with Crippen LogP contribution in [0.5, 0.6) is 0 Å². The number of nitrogen functional groups attached to an aromatic ring is 1. The second-order valence-corrected chi connectivity index (χ2v) is 3.36. The van der Waals surface area contributed by atoms with Gasteiger partial charge in [0.2, 0.25) is 0 Å². The molecule has 4 nitrogen and oxygen atoms in total. The third-order valence-corrected chi connectivity index (χ3v) is 2.01. The summed E-state index contributed by atoms with van der Waals surface area (Å²) in [6.07, 6.45) is 3.00. The maximum absolute atomic E-state index is 5.60. The van der Waals surface area contributed by atoms with Gasteiger partial charge in [-0.15, -0.1) is 0 Å². The average Bonchev–Trinajstić information content (AvgIpc) is 2.14. The smallest absolute Gasteiger partial charge is 0.191 e. The summed E-state index contributed by atoms with van der Waals surface area (Å²) in [5.41, 5.74) is 5.60. The van der Waals surface area contributed by atoms with Crippen molar-refractivity contribution in [3.8, 4) is 0 Å². The summed E-state index contributed by atoms with van der Waals surface area (Å²) in [4.78, 5) is 8.30. The Bertz CT molecular complexity index is 277. The topological polar surface area (TPSA) is 63.8 Å². The standard InChI is InChI=1S/C8H14N4S/c1-3-4-10-7-5-6(9)11-8(12-7)13-2/h5H,3-4H2,1-2H3,(H3,9,10,11,12). The van der Waals surface area contributed by atoms with Crippen LogP contribution in [0.1, 0.15) is 13.3 Å². The van der Waals surface area contributed by atoms with E-state index in [1.807, 2.05) is 6.26 Å². The Morgan fingerprint density at radius 1 is 1.54 bits per heavy atom. The molecule has 0 aliphatic heterocycles. The summed E-state index contributed by atoms with van der Waals surface area (Å²) in [7, 11) is 0. The minimum Gasteiger partial charge on any atom is -0.383 e. The van der Waals surface area contributed by atoms with Gasteiger partial charge < -0.3 is 11.1 Å². The van der Waals surface area contributed by atoms with Crippen LogP contribution in [-0.4, -0.2) is 22.8 Å². The van der Waals surface area contributed by atoms with E-state index in [2.05, 4.69) is 22.2 Å². The lowest BCUT2D eigenvalue weighted by molar-refractivity contribution is 0.931. The third-order valence-electron chi connectivity index (χ3n) is 1.46. The molecule has 0 fully saturated rings. The number of anilines is 2. The lowest BCUT2D eigenvalue weighted by atomic mass is 10.4. The molecule has 0 atom stereocenters. The van der Waals surface area contributed by atoms with E-state index in [4.69, 9.17) is 5.73 Å². The molecule has 0 saturated carbocycles. The third kappa shape index (κ3) is 3.10. The number of thioether (sulfide) groups is 1. The summed E-state index contributed by atoms with van der Waals surface area (Å²) in [6.45, 7) is 3.01. The molecule has 5 heteroatoms. The second kappa shape index (κ2) is 4.91. The highest BCUT2D eigenvalue weighted by Gasteiger charge is 1.99. The Balaban J connectivity index is 2.76. The van der Waals surface area contributed by atoms with Crippen LogP contribution in [0.25, 0.3) is 0 Å². The van der Waals surface area contributed by atoms with Crippen molar-refractivity contribution in [3.63, 3.8) is 0 Å². The predicted octanol–water partition coefficient (Wildman–Crippen LogP) is 1.60. The highest BCUT2D eigenvalue weighted by Crippen LogP contribution is 2.14. The van der Waals surface area contributed by atoms with Gasteiger partial charge in [-0.2, -0.15) is 0 Å². The van der Waals surface area contributed by atoms with Crippen molar-refractivity contribution >= 4 is 23.4 Å². The van der Waals surface area contributed by atoms with E-state index in [0.29, 0.717) is 11.0 Å². The second-order valence-electron chi connectivity index (χ2n) is 2.59. The normalized spacial score (nSPS) is 10.0. The number of rotatable bonds is 4. The minimum absolute atomic E-state index is 0.512. The summed E-state index contributed by atoms with van der Waals surface area (Å²) < 4.78 is 0. The van der Waals surface area contributed by atoms with Gasteiger partial charge in [0, 0.05) is 12.6 Å². The van der Waals surface area contributed by atoms with Crippen LogP contribution in [0.4, 0.5) is 11.6 Å². The Hall–Kier alpha value is -0.970. The van der Waals surface area contributed by atoms with Crippen molar-refractivity contribution in [3.05, 3.63) is 6.07 Å². The van der Waals surface area contributed by atoms with Crippen LogP contribution in [0.2, 0.25) is 0 Å². The van der Waals surface area contributed by atoms with Crippen molar-refractivity contribution in [2.24, 2.45) is 0 Å². The van der Waals surface area contributed by atoms with Gasteiger partial charge in [-0.1, -0.05) is 18.7 Å². The van der Waals surface area contributed by atoms with Crippen molar-refractivity contribution in [2.75, 3.05) is 23.9 Å². The number of nitrogens with two attached hydrogens (primary N) is 1. The largest absolute Gasteiger partial charge is 0.383 e. The first kappa shape index (κ1) is 10.1. The predicted molar refractivity (Wildman–Crippen MR) is 57.0 cm³/mol. The van der Waals surface area contributed by atoms with E-state index >= 15 is 0 Å². The fraction of sp³-hybridized carbons (Fsp3) is 0.500. The van der Waals surface area contributed by atoms with Crippen molar-refractivity contribution < 1.29 is 0 Å². The number of nitrogens with one attached hydrogen (secondary N) is 1. The Kier molecular flexibility index (Phi) is 3.82. The fourth-order valence-corrected chi connectivity index (χ4v) is 1.26. The molecular formula is C8H14N4S. The van der Waals surface area contributed by atoms with Crippen LogP contribution in [0.15, 0.2) is 11.2 Å². The van der Waals surface area contributed by atoms with Gasteiger partial charge in [0.15, 0.2) is 5.16 Å². The summed E-state index contributed by atoms with van der Waals surface area (Å²) >= 11 is 1.49. The molecule has 1 aromatic rings. The van der Waals surface area contributed by atoms with Crippen LogP contribution < -0.4 is 11.1 Å². The van der Waals surface area contributed by atoms with Crippen LogP contribution >= 0.6 is 11.8 Å². The Morgan fingerprint density at radius 2 is 2.31 bits per heavy atom. The van der Waals surface area contributed by atoms with Gasteiger partial charge in [0.25, 0.3) is 0 Å². The van der Waals surface area contributed by atoms with Gasteiger partial charge >= 0.3 is 0 Å². The fourth-order valence-electron chi connectivity index (χ4n) is 0.878. The molecule has 0 radical (unpaired) electrons. The van der Waals surface area contributed by atoms with Crippen molar-refractivity contribution in [2.45, 2.75) is 18.5 Å². The summed E-state index contributed by atoms with van der Waals surface area (Å²) in [6, 6.07) is 1.75. The van der Waals surface area contributed by atoms with Gasteiger partial charge in [-0.25, -0.2) is 9.97 Å². The highest BCUT2D eigenvalue weighted by molar-refractivity contribution is 7.98. The van der Waals surface area contributed by atoms with Crippen LogP contribution in [0, 0.1) is 0 Å². The van der Waals surface area contributed by atoms with Crippen molar-refractivity contribution in [1.29, 1.82) is 0 Å². The van der Waals surface area contributed by atoms with E-state index in [0.717, 1.165) is 18.8 Å². The molecule has 0 bridgehead atoms. The number of nitrogens with zero attached hydrogens (tertiary/aromatic N) is 2. The summed E-state index contributed by atoms with van der Waals surface area (Å²) in [5.74, 6) is 1.32. The molecule has 0 aromatic carbocycles. The summed E-state index contributed by atoms with van der Waals surface area (Å²) in [5, 5.41) is 3.87. The molecule has 1 rings (SSSR count). The molecule has 0 aliphatic carbocycles. The van der Waals surface area contributed by atoms with Gasteiger partial charge in [0.05, 0.1) is 0 Å². The zero-order valence-corrected chi connectivity index (χ0v) is 8.69. The molecule has 0 amide bonds. The molecule has 1 aromatic heterocycles. The van der Waals surface area contributed by atoms with E-state index in [1.54, 1.807) is 6.07 Å². The lowest BCUT2D eigenvalue weighted by Crippen LogP contribution is -2.04. The average molecular weight is 198 g/mol. The first-order valence-electron chi connectivity index (χ1n) is 4.18. The minimum atomic E-state index is 0.512. The molecule has 3 N–H and O–H groups in total. The van der Waals surface area contributed by atoms with Gasteiger partial charge in [-0.05, 0) is 12.7 Å². The van der Waals surface area contributed by atoms with E-state index in [-0.39, 0.29) is 0 Å². The molecule has 0 saturated heterocycles. The van der Waals surface area contributed by atoms with E-state index in [1.165, 1.54) is 11.8 Å². The first-order valence-corrected chi connectivity index (χ1v) is 5.41. The van der Waals surface area contributed by atoms with Gasteiger partial charge in [0.1, 0.15) is 11.6 Å². The number of hydrogen-bond donors (Lipinski definition) is 2. The van der Waals surface area contributed by atoms with Crippen molar-refractivity contribution in [1.82, 2.24) is 9.97 Å². The SMILES string of the molecule is CCCNc1cc(N)nc(SC)n1. The highest BCUT2D eigenvalue weighted by atomic mass is 32.2. The molecule has 72 valence electrons. The van der Waals surface area contributed by atoms with E-state index in [9.17, 15) is 0 Å². The zero-order chi connectivity index (χ0) is 9.68. The monoisotopic (exact) mass is 198 g/mol. The van der Waals surface area contributed by atoms with Gasteiger partial charge in [-0.3, -0.25) is 0 Å². The number of hydrogen-bond acceptors (Lipinski definition) is 5. The molecule has 1 heterocycles. The zero-order valence-electron chi connectivity index (χ0n) is 7.87. The lowest BCUT2D eigenvalue weighted by Gasteiger charge is -2.05. The molecular weight excluding hydrogens is 184 g/mol. The number of aromatic nitrogens is 2.